The topological polar surface area (TPSA) is 68.2 Å². The second-order valence-corrected chi connectivity index (χ2v) is 5.31. The minimum absolute atomic E-state index is 0.0111. The summed E-state index contributed by atoms with van der Waals surface area (Å²) in [5, 5.41) is 2.69. The highest BCUT2D eigenvalue weighted by molar-refractivity contribution is 7.89. The highest BCUT2D eigenvalue weighted by Gasteiger charge is 2.15. The van der Waals surface area contributed by atoms with Crippen LogP contribution < -0.4 is 5.32 Å². The normalized spacial score (nSPS) is 11.7. The average molecular weight is 251 g/mol. The van der Waals surface area contributed by atoms with Crippen LogP contribution in [-0.2, 0) is 10.0 Å². The predicted molar refractivity (Wildman–Crippen MR) is 57.9 cm³/mol. The summed E-state index contributed by atoms with van der Waals surface area (Å²) < 4.78 is 23.3. The van der Waals surface area contributed by atoms with Crippen LogP contribution in [0.3, 0.4) is 0 Å². The van der Waals surface area contributed by atoms with Gasteiger partial charge in [-0.2, -0.15) is 0 Å². The quantitative estimate of drug-likeness (QED) is 0.783. The van der Waals surface area contributed by atoms with Gasteiger partial charge in [-0.25, -0.2) is 12.4 Å². The van der Waals surface area contributed by atoms with E-state index in [1.807, 2.05) is 0 Å². The lowest BCUT2D eigenvalue weighted by molar-refractivity contribution is 0.0993. The van der Waals surface area contributed by atoms with Gasteiger partial charge in [-0.1, -0.05) is 11.6 Å². The van der Waals surface area contributed by atoms with Crippen LogP contribution in [0.4, 0.5) is 0 Å². The summed E-state index contributed by atoms with van der Waals surface area (Å²) in [6.45, 7) is 0.143. The molecule has 0 atom stereocenters. The van der Waals surface area contributed by atoms with Crippen molar-refractivity contribution < 1.29 is 13.2 Å². The SMILES string of the molecule is CNCC(=O)c1cc(Cl)n(S(C)(=O)=O)c1. The number of ketones is 1. The summed E-state index contributed by atoms with van der Waals surface area (Å²) in [7, 11) is -1.82. The lowest BCUT2D eigenvalue weighted by Gasteiger charge is -1.99. The molecule has 1 aromatic heterocycles. The fraction of sp³-hybridized carbons (Fsp3) is 0.375. The third-order valence-corrected chi connectivity index (χ3v) is 3.17. The Labute approximate surface area is 93.1 Å². The Balaban J connectivity index is 3.12. The predicted octanol–water partition coefficient (Wildman–Crippen LogP) is 0.351. The van der Waals surface area contributed by atoms with Gasteiger partial charge in [-0.15, -0.1) is 0 Å². The molecule has 1 aromatic rings. The Morgan fingerprint density at radius 1 is 1.60 bits per heavy atom. The summed E-state index contributed by atoms with van der Waals surface area (Å²) in [4.78, 5) is 11.4. The van der Waals surface area contributed by atoms with E-state index in [9.17, 15) is 13.2 Å². The maximum Gasteiger partial charge on any atom is 0.236 e. The first-order chi connectivity index (χ1) is 6.86. The molecule has 0 aromatic carbocycles. The molecule has 5 nitrogen and oxygen atoms in total. The Hall–Kier alpha value is -0.850. The van der Waals surface area contributed by atoms with E-state index in [1.165, 1.54) is 12.3 Å². The Morgan fingerprint density at radius 2 is 2.20 bits per heavy atom. The van der Waals surface area contributed by atoms with Crippen LogP contribution in [0.5, 0.6) is 0 Å². The average Bonchev–Trinajstić information content (AvgIpc) is 2.47. The fourth-order valence-electron chi connectivity index (χ4n) is 1.09. The van der Waals surface area contributed by atoms with Crippen molar-refractivity contribution in [2.75, 3.05) is 19.8 Å². The number of aromatic nitrogens is 1. The van der Waals surface area contributed by atoms with Crippen LogP contribution in [0.2, 0.25) is 5.15 Å². The Morgan fingerprint density at radius 3 is 2.60 bits per heavy atom. The minimum Gasteiger partial charge on any atom is -0.313 e. The smallest absolute Gasteiger partial charge is 0.236 e. The molecule has 0 amide bonds. The van der Waals surface area contributed by atoms with E-state index in [4.69, 9.17) is 11.6 Å². The third-order valence-electron chi connectivity index (χ3n) is 1.76. The number of Topliss-reactive ketones (excluding diaryl/α,β-unsaturated/α-hetero) is 1. The van der Waals surface area contributed by atoms with Crippen LogP contribution in [-0.4, -0.2) is 38.0 Å². The molecule has 0 bridgehead atoms. The molecule has 0 spiro atoms. The largest absolute Gasteiger partial charge is 0.313 e. The number of hydrogen-bond donors (Lipinski definition) is 1. The maximum atomic E-state index is 11.4. The molecule has 7 heteroatoms. The van der Waals surface area contributed by atoms with E-state index in [-0.39, 0.29) is 23.0 Å². The van der Waals surface area contributed by atoms with Gasteiger partial charge in [0.1, 0.15) is 5.15 Å². The minimum atomic E-state index is -3.45. The van der Waals surface area contributed by atoms with Gasteiger partial charge in [0.05, 0.1) is 12.8 Å². The summed E-state index contributed by atoms with van der Waals surface area (Å²) in [5.74, 6) is -0.207. The zero-order valence-electron chi connectivity index (χ0n) is 8.32. The van der Waals surface area contributed by atoms with E-state index in [2.05, 4.69) is 5.32 Å². The van der Waals surface area contributed by atoms with Crippen molar-refractivity contribution in [2.24, 2.45) is 0 Å². The van der Waals surface area contributed by atoms with E-state index >= 15 is 0 Å². The van der Waals surface area contributed by atoms with Crippen molar-refractivity contribution >= 4 is 27.4 Å². The number of halogens is 1. The van der Waals surface area contributed by atoms with Crippen molar-refractivity contribution in [3.63, 3.8) is 0 Å². The molecule has 0 unspecified atom stereocenters. The van der Waals surface area contributed by atoms with E-state index < -0.39 is 10.0 Å². The number of nitrogens with one attached hydrogen (secondary N) is 1. The first-order valence-electron chi connectivity index (χ1n) is 4.12. The van der Waals surface area contributed by atoms with Crippen molar-refractivity contribution in [2.45, 2.75) is 0 Å². The van der Waals surface area contributed by atoms with Crippen molar-refractivity contribution in [3.8, 4) is 0 Å². The van der Waals surface area contributed by atoms with Gasteiger partial charge in [0, 0.05) is 11.8 Å². The molecule has 0 saturated carbocycles. The molecule has 0 aliphatic rings. The maximum absolute atomic E-state index is 11.4. The zero-order valence-corrected chi connectivity index (χ0v) is 9.89. The van der Waals surface area contributed by atoms with Gasteiger partial charge >= 0.3 is 0 Å². The molecule has 1 heterocycles. The second-order valence-electron chi connectivity index (χ2n) is 3.06. The molecule has 15 heavy (non-hydrogen) atoms. The van der Waals surface area contributed by atoms with Crippen LogP contribution in [0.25, 0.3) is 0 Å². The van der Waals surface area contributed by atoms with Crippen LogP contribution in [0, 0.1) is 0 Å². The number of likely N-dealkylation sites (N-methyl/N-ethyl adjacent to an activating group) is 1. The van der Waals surface area contributed by atoms with Crippen LogP contribution >= 0.6 is 11.6 Å². The van der Waals surface area contributed by atoms with Crippen LogP contribution in [0.15, 0.2) is 12.3 Å². The zero-order chi connectivity index (χ0) is 11.6. The monoisotopic (exact) mass is 250 g/mol. The van der Waals surface area contributed by atoms with Crippen molar-refractivity contribution in [3.05, 3.63) is 23.0 Å². The van der Waals surface area contributed by atoms with Gasteiger partial charge in [0.15, 0.2) is 5.78 Å². The molecule has 0 aliphatic carbocycles. The molecular weight excluding hydrogens is 240 g/mol. The Bertz CT molecular complexity index is 478. The fourth-order valence-corrected chi connectivity index (χ4v) is 2.30. The summed E-state index contributed by atoms with van der Waals surface area (Å²) in [5.41, 5.74) is 0.278. The first-order valence-corrected chi connectivity index (χ1v) is 6.35. The van der Waals surface area contributed by atoms with Gasteiger partial charge < -0.3 is 5.32 Å². The Kier molecular flexibility index (Phi) is 3.54. The highest BCUT2D eigenvalue weighted by Crippen LogP contribution is 2.16. The van der Waals surface area contributed by atoms with E-state index in [0.717, 1.165) is 10.2 Å². The number of nitrogens with zero attached hydrogens (tertiary/aromatic N) is 1. The number of hydrogen-bond acceptors (Lipinski definition) is 4. The number of carbonyl (C=O) groups is 1. The lowest BCUT2D eigenvalue weighted by atomic mass is 10.2. The molecule has 1 rings (SSSR count). The molecule has 0 fully saturated rings. The third kappa shape index (κ3) is 2.80. The van der Waals surface area contributed by atoms with Gasteiger partial charge in [-0.3, -0.25) is 4.79 Å². The van der Waals surface area contributed by atoms with Crippen molar-refractivity contribution in [1.82, 2.24) is 9.29 Å². The molecule has 0 radical (unpaired) electrons. The molecule has 84 valence electrons. The first kappa shape index (κ1) is 12.2. The molecule has 0 saturated heterocycles. The lowest BCUT2D eigenvalue weighted by Crippen LogP contribution is -2.18. The number of carbonyl (C=O) groups excluding carboxylic acids is 1. The standard InChI is InChI=1S/C8H11ClN2O3S/c1-10-4-7(12)6-3-8(9)11(5-6)15(2,13)14/h3,5,10H,4H2,1-2H3. The molecule has 0 aliphatic heterocycles. The van der Waals surface area contributed by atoms with E-state index in [1.54, 1.807) is 7.05 Å². The summed E-state index contributed by atoms with van der Waals surface area (Å²) in [6.07, 6.45) is 2.24. The second kappa shape index (κ2) is 4.34. The van der Waals surface area contributed by atoms with Crippen molar-refractivity contribution in [1.29, 1.82) is 0 Å². The molecule has 1 N–H and O–H groups in total. The van der Waals surface area contributed by atoms with Gasteiger partial charge in [0.2, 0.25) is 10.0 Å². The van der Waals surface area contributed by atoms with Crippen LogP contribution in [0.1, 0.15) is 10.4 Å². The van der Waals surface area contributed by atoms with Gasteiger partial charge in [0.25, 0.3) is 0 Å². The van der Waals surface area contributed by atoms with Gasteiger partial charge in [-0.05, 0) is 13.1 Å². The summed E-state index contributed by atoms with van der Waals surface area (Å²) >= 11 is 5.68. The van der Waals surface area contributed by atoms with E-state index in [0.29, 0.717) is 0 Å². The summed E-state index contributed by atoms with van der Waals surface area (Å²) in [6, 6.07) is 1.34. The highest BCUT2D eigenvalue weighted by atomic mass is 35.5. The number of rotatable bonds is 4. The molecular formula is C8H11ClN2O3S.